The highest BCUT2D eigenvalue weighted by molar-refractivity contribution is 6.34. The molecule has 1 aromatic rings. The monoisotopic (exact) mass is 311 g/mol. The van der Waals surface area contributed by atoms with Gasteiger partial charge in [0, 0.05) is 24.3 Å². The molecule has 0 heterocycles. The molecule has 0 bridgehead atoms. The van der Waals surface area contributed by atoms with Crippen LogP contribution in [-0.2, 0) is 4.74 Å². The van der Waals surface area contributed by atoms with Crippen LogP contribution in [0.4, 0.5) is 11.4 Å². The second-order valence-corrected chi connectivity index (χ2v) is 5.95. The van der Waals surface area contributed by atoms with E-state index in [4.69, 9.17) is 22.1 Å². The summed E-state index contributed by atoms with van der Waals surface area (Å²) in [5.41, 5.74) is 7.13. The first-order valence-corrected chi connectivity index (χ1v) is 7.45. The van der Waals surface area contributed by atoms with Crippen molar-refractivity contribution in [1.82, 2.24) is 4.90 Å². The van der Waals surface area contributed by atoms with E-state index in [-0.39, 0.29) is 0 Å². The summed E-state index contributed by atoms with van der Waals surface area (Å²) < 4.78 is 4.79. The molecule has 0 amide bonds. The van der Waals surface area contributed by atoms with Crippen molar-refractivity contribution in [2.45, 2.75) is 31.8 Å². The predicted molar refractivity (Wildman–Crippen MR) is 85.9 cm³/mol. The van der Waals surface area contributed by atoms with Crippen LogP contribution in [0, 0.1) is 0 Å². The summed E-state index contributed by atoms with van der Waals surface area (Å²) in [5.74, 6) is -0.449. The Kier molecular flexibility index (Phi) is 4.96. The predicted octanol–water partition coefficient (Wildman–Crippen LogP) is 2.60. The summed E-state index contributed by atoms with van der Waals surface area (Å²) in [4.78, 5) is 14.2. The molecule has 0 spiro atoms. The second-order valence-electron chi connectivity index (χ2n) is 5.54. The number of anilines is 2. The van der Waals surface area contributed by atoms with Gasteiger partial charge < -0.3 is 15.8 Å². The van der Waals surface area contributed by atoms with Crippen LogP contribution in [0.1, 0.15) is 30.1 Å². The number of nitrogens with one attached hydrogen (secondary N) is 1. The van der Waals surface area contributed by atoms with Gasteiger partial charge in [0.05, 0.1) is 23.4 Å². The lowest BCUT2D eigenvalue weighted by Gasteiger charge is -2.25. The van der Waals surface area contributed by atoms with Crippen molar-refractivity contribution in [3.8, 4) is 0 Å². The minimum Gasteiger partial charge on any atom is -0.465 e. The Morgan fingerprint density at radius 3 is 2.81 bits per heavy atom. The average molecular weight is 312 g/mol. The first kappa shape index (κ1) is 15.9. The fourth-order valence-electron chi connectivity index (χ4n) is 2.31. The topological polar surface area (TPSA) is 67.6 Å². The highest BCUT2D eigenvalue weighted by atomic mass is 35.5. The van der Waals surface area contributed by atoms with Crippen molar-refractivity contribution in [2.75, 3.05) is 31.8 Å². The van der Waals surface area contributed by atoms with Crippen LogP contribution in [0.15, 0.2) is 12.1 Å². The Morgan fingerprint density at radius 1 is 1.57 bits per heavy atom. The van der Waals surface area contributed by atoms with E-state index in [0.717, 1.165) is 0 Å². The molecule has 1 aliphatic carbocycles. The molecule has 1 unspecified atom stereocenters. The van der Waals surface area contributed by atoms with Crippen LogP contribution < -0.4 is 11.1 Å². The van der Waals surface area contributed by atoms with Crippen LogP contribution in [0.2, 0.25) is 5.02 Å². The zero-order chi connectivity index (χ0) is 15.6. The first-order chi connectivity index (χ1) is 9.93. The van der Waals surface area contributed by atoms with Crippen molar-refractivity contribution in [1.29, 1.82) is 0 Å². The van der Waals surface area contributed by atoms with Crippen LogP contribution >= 0.6 is 11.6 Å². The number of likely N-dealkylation sites (N-methyl/N-ethyl adjacent to an activating group) is 1. The van der Waals surface area contributed by atoms with E-state index < -0.39 is 5.97 Å². The van der Waals surface area contributed by atoms with Crippen LogP contribution in [0.5, 0.6) is 0 Å². The summed E-state index contributed by atoms with van der Waals surface area (Å²) in [5, 5.41) is 3.68. The summed E-state index contributed by atoms with van der Waals surface area (Å²) in [6.45, 7) is 2.84. The van der Waals surface area contributed by atoms with E-state index >= 15 is 0 Å². The first-order valence-electron chi connectivity index (χ1n) is 7.07. The van der Waals surface area contributed by atoms with E-state index in [9.17, 15) is 4.79 Å². The average Bonchev–Trinajstić information content (AvgIpc) is 3.28. The summed E-state index contributed by atoms with van der Waals surface area (Å²) in [6, 6.07) is 4.24. The van der Waals surface area contributed by atoms with Gasteiger partial charge in [0.1, 0.15) is 0 Å². The van der Waals surface area contributed by atoms with Gasteiger partial charge in [0.25, 0.3) is 0 Å². The molecule has 1 aliphatic rings. The smallest absolute Gasteiger partial charge is 0.340 e. The molecule has 21 heavy (non-hydrogen) atoms. The molecule has 116 valence electrons. The Balaban J connectivity index is 2.12. The van der Waals surface area contributed by atoms with Gasteiger partial charge in [-0.1, -0.05) is 11.6 Å². The number of esters is 1. The van der Waals surface area contributed by atoms with Crippen molar-refractivity contribution in [3.05, 3.63) is 22.7 Å². The number of benzene rings is 1. The maximum atomic E-state index is 11.8. The van der Waals surface area contributed by atoms with Crippen LogP contribution in [0.25, 0.3) is 0 Å². The van der Waals surface area contributed by atoms with Gasteiger partial charge in [0.15, 0.2) is 0 Å². The molecule has 6 heteroatoms. The molecule has 0 saturated heterocycles. The van der Waals surface area contributed by atoms with Crippen molar-refractivity contribution in [2.24, 2.45) is 0 Å². The highest BCUT2D eigenvalue weighted by Crippen LogP contribution is 2.31. The molecule has 1 fully saturated rings. The van der Waals surface area contributed by atoms with Crippen LogP contribution in [-0.4, -0.2) is 43.7 Å². The highest BCUT2D eigenvalue weighted by Gasteiger charge is 2.29. The number of methoxy groups -OCH3 is 1. The van der Waals surface area contributed by atoms with Gasteiger partial charge in [0.2, 0.25) is 0 Å². The molecule has 0 aliphatic heterocycles. The molecular weight excluding hydrogens is 290 g/mol. The third kappa shape index (κ3) is 3.80. The van der Waals surface area contributed by atoms with E-state index in [1.165, 1.54) is 20.0 Å². The minimum absolute atomic E-state index is 0.344. The Labute approximate surface area is 130 Å². The quantitative estimate of drug-likeness (QED) is 0.624. The van der Waals surface area contributed by atoms with Crippen molar-refractivity contribution < 1.29 is 9.53 Å². The SMILES string of the molecule is COC(=O)c1cc(N)cc(Cl)c1NCC(C)N(C)C1CC1. The minimum atomic E-state index is -0.449. The van der Waals surface area contributed by atoms with Gasteiger partial charge in [-0.25, -0.2) is 4.79 Å². The summed E-state index contributed by atoms with van der Waals surface area (Å²) in [7, 11) is 3.46. The molecule has 0 radical (unpaired) electrons. The fourth-order valence-corrected chi connectivity index (χ4v) is 2.61. The summed E-state index contributed by atoms with van der Waals surface area (Å²) in [6.07, 6.45) is 2.52. The number of halogens is 1. The number of hydrogen-bond donors (Lipinski definition) is 2. The number of nitrogens with two attached hydrogens (primary N) is 1. The van der Waals surface area contributed by atoms with Crippen molar-refractivity contribution >= 4 is 28.9 Å². The third-order valence-corrected chi connectivity index (χ3v) is 4.21. The van der Waals surface area contributed by atoms with Gasteiger partial charge in [-0.2, -0.15) is 0 Å². The molecule has 1 aromatic carbocycles. The number of nitrogen functional groups attached to an aromatic ring is 1. The van der Waals surface area contributed by atoms with Gasteiger partial charge in [-0.15, -0.1) is 0 Å². The normalized spacial score (nSPS) is 15.9. The van der Waals surface area contributed by atoms with E-state index in [1.54, 1.807) is 12.1 Å². The number of hydrogen-bond acceptors (Lipinski definition) is 5. The maximum Gasteiger partial charge on any atom is 0.340 e. The number of carbonyl (C=O) groups excluding carboxylic acids is 1. The van der Waals surface area contributed by atoms with Crippen LogP contribution in [0.3, 0.4) is 0 Å². The third-order valence-electron chi connectivity index (χ3n) is 3.91. The maximum absolute atomic E-state index is 11.8. The molecule has 0 aromatic heterocycles. The summed E-state index contributed by atoms with van der Waals surface area (Å²) >= 11 is 6.21. The lowest BCUT2D eigenvalue weighted by atomic mass is 10.1. The lowest BCUT2D eigenvalue weighted by molar-refractivity contribution is 0.0602. The fraction of sp³-hybridized carbons (Fsp3) is 0.533. The molecule has 3 N–H and O–H groups in total. The van der Waals surface area contributed by atoms with E-state index in [1.807, 2.05) is 0 Å². The standard InChI is InChI=1S/C15H22ClN3O2/c1-9(19(2)11-4-5-11)8-18-14-12(15(20)21-3)6-10(17)7-13(14)16/h6-7,9,11,18H,4-5,8,17H2,1-3H3. The zero-order valence-electron chi connectivity index (χ0n) is 12.6. The molecule has 2 rings (SSSR count). The van der Waals surface area contributed by atoms with Gasteiger partial charge >= 0.3 is 5.97 Å². The Bertz CT molecular complexity index is 532. The number of ether oxygens (including phenoxy) is 1. The largest absolute Gasteiger partial charge is 0.465 e. The number of rotatable bonds is 6. The zero-order valence-corrected chi connectivity index (χ0v) is 13.4. The Hall–Kier alpha value is -1.46. The van der Waals surface area contributed by atoms with Gasteiger partial charge in [-0.05, 0) is 38.9 Å². The lowest BCUT2D eigenvalue weighted by Crippen LogP contribution is -2.36. The molecule has 5 nitrogen and oxygen atoms in total. The van der Waals surface area contributed by atoms with E-state index in [0.29, 0.717) is 40.6 Å². The Morgan fingerprint density at radius 2 is 2.24 bits per heavy atom. The van der Waals surface area contributed by atoms with Gasteiger partial charge in [-0.3, -0.25) is 4.90 Å². The molecule has 1 saturated carbocycles. The number of nitrogens with zero attached hydrogens (tertiary/aromatic N) is 1. The second kappa shape index (κ2) is 6.54. The molecular formula is C15H22ClN3O2. The van der Waals surface area contributed by atoms with Crippen molar-refractivity contribution in [3.63, 3.8) is 0 Å². The van der Waals surface area contributed by atoms with E-state index in [2.05, 4.69) is 24.2 Å². The molecule has 1 atom stereocenters. The number of carbonyl (C=O) groups is 1.